The van der Waals surface area contributed by atoms with Crippen molar-refractivity contribution >= 4 is 27.2 Å². The Kier molecular flexibility index (Phi) is 6.64. The number of rotatable bonds is 7. The Morgan fingerprint density at radius 1 is 1.20 bits per heavy atom. The summed E-state index contributed by atoms with van der Waals surface area (Å²) in [6.07, 6.45) is 2.31. The monoisotopic (exact) mass is 513 g/mol. The third-order valence-corrected chi connectivity index (χ3v) is 8.57. The van der Waals surface area contributed by atoms with Crippen molar-refractivity contribution in [2.75, 3.05) is 24.7 Å². The van der Waals surface area contributed by atoms with Gasteiger partial charge >= 0.3 is 6.18 Å². The Labute approximate surface area is 202 Å². The van der Waals surface area contributed by atoms with E-state index in [1.165, 1.54) is 12.1 Å². The molecule has 2 aliphatic rings. The molecule has 1 amide bonds. The smallest absolute Gasteiger partial charge is 0.365 e. The summed E-state index contributed by atoms with van der Waals surface area (Å²) >= 11 is 0. The van der Waals surface area contributed by atoms with Gasteiger partial charge in [-0.05, 0) is 56.4 Å². The molecule has 1 aromatic heterocycles. The number of carbonyl (C=O) groups is 1. The number of alkyl halides is 3. The molecule has 0 spiro atoms. The molecule has 1 aromatic carbocycles. The fourth-order valence-electron chi connectivity index (χ4n) is 5.08. The number of nitrogens with zero attached hydrogens (tertiary/aromatic N) is 3. The standard InChI is InChI=1S/C23H30F3N5O3S/c1-3-22(10-8-17(9-11-22)30-12-15(13-30)23(24,25)26)31-14-19(20(27)32)21(29-31)28-16-4-6-18(7-5-16)35(2,33)34/h4-7,14-15,17H,3,8-13H2,1-2H3,(H2,27,32)(H,28,29). The van der Waals surface area contributed by atoms with E-state index in [2.05, 4.69) is 10.4 Å². The van der Waals surface area contributed by atoms with Crippen molar-refractivity contribution in [1.82, 2.24) is 14.7 Å². The molecule has 1 aliphatic carbocycles. The molecular formula is C23H30F3N5O3S. The molecule has 192 valence electrons. The zero-order valence-electron chi connectivity index (χ0n) is 19.7. The van der Waals surface area contributed by atoms with Crippen molar-refractivity contribution in [2.45, 2.75) is 61.7 Å². The number of primary amides is 1. The SMILES string of the molecule is CCC1(n2cc(C(N)=O)c(Nc3ccc(S(C)(=O)=O)cc3)n2)CCC(N2CC(C(F)(F)F)C2)CC1. The topological polar surface area (TPSA) is 110 Å². The van der Waals surface area contributed by atoms with Crippen LogP contribution in [-0.2, 0) is 15.4 Å². The maximum atomic E-state index is 12.9. The number of likely N-dealkylation sites (tertiary alicyclic amines) is 1. The average molecular weight is 514 g/mol. The molecular weight excluding hydrogens is 483 g/mol. The number of benzene rings is 1. The molecule has 0 atom stereocenters. The van der Waals surface area contributed by atoms with Crippen molar-refractivity contribution in [2.24, 2.45) is 11.7 Å². The Morgan fingerprint density at radius 3 is 2.29 bits per heavy atom. The third kappa shape index (κ3) is 5.18. The summed E-state index contributed by atoms with van der Waals surface area (Å²) in [5.41, 5.74) is 6.00. The third-order valence-electron chi connectivity index (χ3n) is 7.44. The summed E-state index contributed by atoms with van der Waals surface area (Å²) in [5, 5.41) is 7.69. The first kappa shape index (κ1) is 25.5. The van der Waals surface area contributed by atoms with Gasteiger partial charge in [0.2, 0.25) is 0 Å². The van der Waals surface area contributed by atoms with E-state index in [4.69, 9.17) is 5.73 Å². The number of carbonyl (C=O) groups excluding carboxylic acids is 1. The van der Waals surface area contributed by atoms with Gasteiger partial charge in [-0.1, -0.05) is 6.92 Å². The molecule has 4 rings (SSSR count). The van der Waals surface area contributed by atoms with Crippen LogP contribution in [0.15, 0.2) is 35.4 Å². The largest absolute Gasteiger partial charge is 0.394 e. The number of anilines is 2. The van der Waals surface area contributed by atoms with Crippen LogP contribution in [0.4, 0.5) is 24.7 Å². The maximum Gasteiger partial charge on any atom is 0.394 e. The second kappa shape index (κ2) is 9.12. The van der Waals surface area contributed by atoms with E-state index in [1.807, 2.05) is 11.8 Å². The minimum atomic E-state index is -4.13. The van der Waals surface area contributed by atoms with Gasteiger partial charge in [-0.25, -0.2) is 8.42 Å². The predicted molar refractivity (Wildman–Crippen MR) is 125 cm³/mol. The molecule has 8 nitrogen and oxygen atoms in total. The molecule has 1 saturated carbocycles. The summed E-state index contributed by atoms with van der Waals surface area (Å²) in [4.78, 5) is 14.2. The highest BCUT2D eigenvalue weighted by atomic mass is 32.2. The molecule has 1 saturated heterocycles. The van der Waals surface area contributed by atoms with Crippen molar-refractivity contribution in [3.05, 3.63) is 36.0 Å². The molecule has 0 unspecified atom stereocenters. The van der Waals surface area contributed by atoms with Gasteiger partial charge in [0.25, 0.3) is 5.91 Å². The minimum Gasteiger partial charge on any atom is -0.365 e. The molecule has 2 aromatic rings. The minimum absolute atomic E-state index is 0.0626. The Morgan fingerprint density at radius 2 is 1.80 bits per heavy atom. The highest BCUT2D eigenvalue weighted by Crippen LogP contribution is 2.43. The van der Waals surface area contributed by atoms with E-state index in [1.54, 1.807) is 23.0 Å². The normalized spacial score (nSPS) is 24.2. The van der Waals surface area contributed by atoms with E-state index in [-0.39, 0.29) is 40.9 Å². The second-order valence-corrected chi connectivity index (χ2v) is 11.6. The number of nitrogens with two attached hydrogens (primary N) is 1. The lowest BCUT2D eigenvalue weighted by molar-refractivity contribution is -0.215. The van der Waals surface area contributed by atoms with Crippen LogP contribution in [0.2, 0.25) is 0 Å². The lowest BCUT2D eigenvalue weighted by atomic mass is 9.76. The van der Waals surface area contributed by atoms with Gasteiger partial charge in [-0.2, -0.15) is 18.3 Å². The van der Waals surface area contributed by atoms with Crippen molar-refractivity contribution in [1.29, 1.82) is 0 Å². The number of hydrogen-bond acceptors (Lipinski definition) is 6. The zero-order chi connectivity index (χ0) is 25.6. The van der Waals surface area contributed by atoms with Gasteiger partial charge in [0.1, 0.15) is 5.56 Å². The van der Waals surface area contributed by atoms with Gasteiger partial charge in [0.05, 0.1) is 16.4 Å². The van der Waals surface area contributed by atoms with Crippen LogP contribution in [0, 0.1) is 5.92 Å². The zero-order valence-corrected chi connectivity index (χ0v) is 20.5. The molecule has 1 aliphatic heterocycles. The Hall–Kier alpha value is -2.60. The fourth-order valence-corrected chi connectivity index (χ4v) is 5.71. The number of aromatic nitrogens is 2. The summed E-state index contributed by atoms with van der Waals surface area (Å²) in [6, 6.07) is 6.22. The van der Waals surface area contributed by atoms with Crippen LogP contribution in [-0.4, -0.2) is 60.6 Å². The van der Waals surface area contributed by atoms with E-state index >= 15 is 0 Å². The van der Waals surface area contributed by atoms with Crippen LogP contribution in [0.3, 0.4) is 0 Å². The van der Waals surface area contributed by atoms with Crippen LogP contribution in [0.25, 0.3) is 0 Å². The highest BCUT2D eigenvalue weighted by molar-refractivity contribution is 7.90. The van der Waals surface area contributed by atoms with Crippen LogP contribution in [0.5, 0.6) is 0 Å². The predicted octanol–water partition coefficient (Wildman–Crippen LogP) is 3.67. The average Bonchev–Trinajstić information content (AvgIpc) is 3.17. The van der Waals surface area contributed by atoms with Crippen LogP contribution in [0.1, 0.15) is 49.4 Å². The van der Waals surface area contributed by atoms with Gasteiger partial charge in [0.15, 0.2) is 15.7 Å². The summed E-state index contributed by atoms with van der Waals surface area (Å²) < 4.78 is 63.7. The van der Waals surface area contributed by atoms with E-state index < -0.39 is 27.8 Å². The van der Waals surface area contributed by atoms with E-state index in [0.29, 0.717) is 5.69 Å². The molecule has 35 heavy (non-hydrogen) atoms. The maximum absolute atomic E-state index is 12.9. The Balaban J connectivity index is 1.49. The lowest BCUT2D eigenvalue weighted by Gasteiger charge is -2.49. The van der Waals surface area contributed by atoms with E-state index in [0.717, 1.165) is 38.4 Å². The fraction of sp³-hybridized carbons (Fsp3) is 0.565. The second-order valence-electron chi connectivity index (χ2n) is 9.62. The molecule has 2 heterocycles. The first-order valence-electron chi connectivity index (χ1n) is 11.6. The summed E-state index contributed by atoms with van der Waals surface area (Å²) in [7, 11) is -3.34. The number of halogens is 3. The van der Waals surface area contributed by atoms with Crippen molar-refractivity contribution in [3.8, 4) is 0 Å². The van der Waals surface area contributed by atoms with Crippen LogP contribution >= 0.6 is 0 Å². The molecule has 3 N–H and O–H groups in total. The van der Waals surface area contributed by atoms with E-state index in [9.17, 15) is 26.4 Å². The Bertz CT molecular complexity index is 1180. The molecule has 2 fully saturated rings. The van der Waals surface area contributed by atoms with Gasteiger partial charge < -0.3 is 11.1 Å². The number of amides is 1. The highest BCUT2D eigenvalue weighted by Gasteiger charge is 2.50. The van der Waals surface area contributed by atoms with Crippen molar-refractivity contribution < 1.29 is 26.4 Å². The van der Waals surface area contributed by atoms with Gasteiger partial charge in [-0.15, -0.1) is 0 Å². The van der Waals surface area contributed by atoms with Gasteiger partial charge in [-0.3, -0.25) is 14.4 Å². The molecule has 12 heteroatoms. The first-order valence-corrected chi connectivity index (χ1v) is 13.5. The number of sulfone groups is 1. The molecule has 0 radical (unpaired) electrons. The van der Waals surface area contributed by atoms with Gasteiger partial charge in [0, 0.05) is 37.3 Å². The van der Waals surface area contributed by atoms with Crippen LogP contribution < -0.4 is 11.1 Å². The molecule has 0 bridgehead atoms. The lowest BCUT2D eigenvalue weighted by Crippen LogP contribution is -2.58. The first-order chi connectivity index (χ1) is 16.3. The van der Waals surface area contributed by atoms with Crippen molar-refractivity contribution in [3.63, 3.8) is 0 Å². The number of nitrogens with one attached hydrogen (secondary N) is 1. The summed E-state index contributed by atoms with van der Waals surface area (Å²) in [5.74, 6) is -1.61. The number of hydrogen-bond donors (Lipinski definition) is 2. The summed E-state index contributed by atoms with van der Waals surface area (Å²) in [6.45, 7) is 2.16. The quantitative estimate of drug-likeness (QED) is 0.585.